The molecular formula is C17H17BrO2. The smallest absolute Gasteiger partial charge is 0.306 e. The van der Waals surface area contributed by atoms with E-state index >= 15 is 0 Å². The zero-order valence-corrected chi connectivity index (χ0v) is 12.7. The predicted molar refractivity (Wildman–Crippen MR) is 84.4 cm³/mol. The van der Waals surface area contributed by atoms with Gasteiger partial charge in [0.2, 0.25) is 0 Å². The largest absolute Gasteiger partial charge is 0.481 e. The Morgan fingerprint density at radius 3 is 2.60 bits per heavy atom. The Balaban J connectivity index is 1.99. The highest BCUT2D eigenvalue weighted by atomic mass is 79.9. The molecule has 3 atom stereocenters. The Morgan fingerprint density at radius 2 is 1.80 bits per heavy atom. The van der Waals surface area contributed by atoms with Crippen molar-refractivity contribution in [1.29, 1.82) is 0 Å². The number of benzene rings is 2. The molecule has 1 N–H and O–H groups in total. The zero-order chi connectivity index (χ0) is 14.1. The van der Waals surface area contributed by atoms with Gasteiger partial charge in [-0.15, -0.1) is 0 Å². The fraction of sp³-hybridized carbons (Fsp3) is 0.353. The van der Waals surface area contributed by atoms with Crippen molar-refractivity contribution in [2.75, 3.05) is 0 Å². The number of halogens is 1. The summed E-state index contributed by atoms with van der Waals surface area (Å²) in [5.74, 6) is -0.586. The molecule has 1 aliphatic rings. The number of rotatable bonds is 2. The summed E-state index contributed by atoms with van der Waals surface area (Å²) in [7, 11) is 0. The minimum absolute atomic E-state index is 0.239. The molecule has 0 aromatic heterocycles. The van der Waals surface area contributed by atoms with Crippen molar-refractivity contribution >= 4 is 32.7 Å². The summed E-state index contributed by atoms with van der Waals surface area (Å²) in [5.41, 5.74) is 1.29. The van der Waals surface area contributed by atoms with Crippen LogP contribution in [0.1, 0.15) is 30.7 Å². The van der Waals surface area contributed by atoms with Gasteiger partial charge in [0.15, 0.2) is 0 Å². The van der Waals surface area contributed by atoms with Gasteiger partial charge in [0.1, 0.15) is 0 Å². The molecule has 0 radical (unpaired) electrons. The maximum atomic E-state index is 11.3. The van der Waals surface area contributed by atoms with Crippen molar-refractivity contribution in [2.24, 2.45) is 5.92 Å². The lowest BCUT2D eigenvalue weighted by Gasteiger charge is -2.31. The highest BCUT2D eigenvalue weighted by molar-refractivity contribution is 9.09. The maximum absolute atomic E-state index is 11.3. The van der Waals surface area contributed by atoms with Crippen LogP contribution in [-0.2, 0) is 4.79 Å². The van der Waals surface area contributed by atoms with Crippen LogP contribution in [-0.4, -0.2) is 15.9 Å². The van der Waals surface area contributed by atoms with Crippen LogP contribution < -0.4 is 0 Å². The fourth-order valence-corrected chi connectivity index (χ4v) is 4.21. The van der Waals surface area contributed by atoms with Gasteiger partial charge in [-0.2, -0.15) is 0 Å². The lowest BCUT2D eigenvalue weighted by atomic mass is 9.77. The average molecular weight is 333 g/mol. The molecule has 0 heterocycles. The summed E-state index contributed by atoms with van der Waals surface area (Å²) < 4.78 is 0. The second-order valence-corrected chi connectivity index (χ2v) is 6.90. The highest BCUT2D eigenvalue weighted by Crippen LogP contribution is 2.41. The molecule has 3 heteroatoms. The third-order valence-electron chi connectivity index (χ3n) is 4.26. The van der Waals surface area contributed by atoms with Crippen LogP contribution in [0.25, 0.3) is 10.8 Å². The van der Waals surface area contributed by atoms with Gasteiger partial charge in [-0.05, 0) is 41.5 Å². The highest BCUT2D eigenvalue weighted by Gasteiger charge is 2.32. The number of alkyl halides is 1. The molecule has 0 saturated heterocycles. The van der Waals surface area contributed by atoms with E-state index in [1.54, 1.807) is 0 Å². The van der Waals surface area contributed by atoms with Crippen LogP contribution in [0, 0.1) is 5.92 Å². The van der Waals surface area contributed by atoms with E-state index in [0.29, 0.717) is 10.7 Å². The van der Waals surface area contributed by atoms with E-state index in [-0.39, 0.29) is 5.92 Å². The van der Waals surface area contributed by atoms with E-state index in [1.165, 1.54) is 16.3 Å². The molecule has 0 bridgehead atoms. The molecule has 20 heavy (non-hydrogen) atoms. The third kappa shape index (κ3) is 2.59. The van der Waals surface area contributed by atoms with Crippen molar-refractivity contribution in [3.8, 4) is 0 Å². The summed E-state index contributed by atoms with van der Waals surface area (Å²) in [4.78, 5) is 11.6. The van der Waals surface area contributed by atoms with Crippen molar-refractivity contribution in [3.63, 3.8) is 0 Å². The van der Waals surface area contributed by atoms with Gasteiger partial charge in [-0.3, -0.25) is 4.79 Å². The minimum Gasteiger partial charge on any atom is -0.481 e. The van der Waals surface area contributed by atoms with Crippen LogP contribution >= 0.6 is 15.9 Å². The molecule has 0 aliphatic heterocycles. The van der Waals surface area contributed by atoms with Crippen molar-refractivity contribution in [2.45, 2.75) is 30.0 Å². The normalized spacial score (nSPS) is 26.6. The number of carbonyl (C=O) groups is 1. The third-order valence-corrected chi connectivity index (χ3v) is 5.01. The summed E-state index contributed by atoms with van der Waals surface area (Å²) in [6.45, 7) is 0. The lowest BCUT2D eigenvalue weighted by molar-refractivity contribution is -0.142. The SMILES string of the molecule is O=C(O)C1CC(Br)CC(c2cccc3ccccc23)C1. The number of aliphatic carboxylic acids is 1. The second-order valence-electron chi connectivity index (χ2n) is 5.60. The van der Waals surface area contributed by atoms with E-state index < -0.39 is 5.97 Å². The van der Waals surface area contributed by atoms with Gasteiger partial charge in [-0.1, -0.05) is 58.4 Å². The molecule has 2 aromatic carbocycles. The molecule has 104 valence electrons. The van der Waals surface area contributed by atoms with Gasteiger partial charge < -0.3 is 5.11 Å². The van der Waals surface area contributed by atoms with Crippen LogP contribution in [0.3, 0.4) is 0 Å². The maximum Gasteiger partial charge on any atom is 0.306 e. The Labute approximate surface area is 126 Å². The Morgan fingerprint density at radius 1 is 1.05 bits per heavy atom. The standard InChI is InChI=1S/C17H17BrO2/c18-14-9-12(8-13(10-14)17(19)20)16-7-3-5-11-4-1-2-6-15(11)16/h1-7,12-14H,8-10H2,(H,19,20). The Bertz CT molecular complexity index is 632. The second kappa shape index (κ2) is 5.57. The van der Waals surface area contributed by atoms with Crippen molar-refractivity contribution < 1.29 is 9.90 Å². The van der Waals surface area contributed by atoms with Gasteiger partial charge in [0, 0.05) is 4.83 Å². The van der Waals surface area contributed by atoms with Crippen molar-refractivity contribution in [1.82, 2.24) is 0 Å². The van der Waals surface area contributed by atoms with Crippen LogP contribution in [0.15, 0.2) is 42.5 Å². The van der Waals surface area contributed by atoms with E-state index in [9.17, 15) is 9.90 Å². The first-order valence-corrected chi connectivity index (χ1v) is 7.91. The van der Waals surface area contributed by atoms with Gasteiger partial charge in [0.05, 0.1) is 5.92 Å². The average Bonchev–Trinajstić information content (AvgIpc) is 2.46. The fourth-order valence-electron chi connectivity index (χ4n) is 3.31. The van der Waals surface area contributed by atoms with Crippen molar-refractivity contribution in [3.05, 3.63) is 48.0 Å². The molecule has 3 rings (SSSR count). The molecular weight excluding hydrogens is 316 g/mol. The van der Waals surface area contributed by atoms with Crippen LogP contribution in [0.2, 0.25) is 0 Å². The van der Waals surface area contributed by atoms with E-state index in [4.69, 9.17) is 0 Å². The van der Waals surface area contributed by atoms with Gasteiger partial charge >= 0.3 is 5.97 Å². The van der Waals surface area contributed by atoms with E-state index in [2.05, 4.69) is 52.3 Å². The monoisotopic (exact) mass is 332 g/mol. The van der Waals surface area contributed by atoms with E-state index in [1.807, 2.05) is 6.07 Å². The summed E-state index contributed by atoms with van der Waals surface area (Å²) in [5, 5.41) is 11.8. The quantitative estimate of drug-likeness (QED) is 0.818. The number of hydrogen-bond donors (Lipinski definition) is 1. The molecule has 2 nitrogen and oxygen atoms in total. The topological polar surface area (TPSA) is 37.3 Å². The van der Waals surface area contributed by atoms with Crippen LogP contribution in [0.5, 0.6) is 0 Å². The summed E-state index contributed by atoms with van der Waals surface area (Å²) in [6, 6.07) is 14.7. The molecule has 1 saturated carbocycles. The first-order chi connectivity index (χ1) is 9.65. The van der Waals surface area contributed by atoms with Crippen LogP contribution in [0.4, 0.5) is 0 Å². The van der Waals surface area contributed by atoms with Gasteiger partial charge in [-0.25, -0.2) is 0 Å². The number of carboxylic acids is 1. The molecule has 0 spiro atoms. The minimum atomic E-state index is -0.667. The zero-order valence-electron chi connectivity index (χ0n) is 11.1. The van der Waals surface area contributed by atoms with E-state index in [0.717, 1.165) is 19.3 Å². The lowest BCUT2D eigenvalue weighted by Crippen LogP contribution is -2.27. The van der Waals surface area contributed by atoms with Gasteiger partial charge in [0.25, 0.3) is 0 Å². The Kier molecular flexibility index (Phi) is 3.79. The molecule has 3 unspecified atom stereocenters. The first kappa shape index (κ1) is 13.6. The molecule has 2 aromatic rings. The summed E-state index contributed by atoms with van der Waals surface area (Å²) >= 11 is 3.64. The number of hydrogen-bond acceptors (Lipinski definition) is 1. The number of fused-ring (bicyclic) bond motifs is 1. The first-order valence-electron chi connectivity index (χ1n) is 6.99. The Hall–Kier alpha value is -1.35. The predicted octanol–water partition coefficient (Wildman–Crippen LogP) is 4.57. The molecule has 1 aliphatic carbocycles. The number of carboxylic acid groups (broad SMARTS) is 1. The molecule has 1 fully saturated rings. The summed E-state index contributed by atoms with van der Waals surface area (Å²) in [6.07, 6.45) is 2.49. The molecule has 0 amide bonds.